The van der Waals surface area contributed by atoms with Gasteiger partial charge in [0, 0.05) is 19.6 Å². The molecule has 1 rings (SSSR count). The Hall–Kier alpha value is -1.79. The number of carboxylic acids is 1. The van der Waals surface area contributed by atoms with E-state index in [0.29, 0.717) is 32.5 Å². The molecular weight excluding hydrogens is 276 g/mol. The van der Waals surface area contributed by atoms with Crippen LogP contribution in [0.25, 0.3) is 0 Å². The summed E-state index contributed by atoms with van der Waals surface area (Å²) in [4.78, 5) is 36.2. The van der Waals surface area contributed by atoms with Crippen LogP contribution in [0.5, 0.6) is 0 Å². The van der Waals surface area contributed by atoms with Crippen molar-refractivity contribution < 1.29 is 24.2 Å². The van der Waals surface area contributed by atoms with Crippen molar-refractivity contribution in [1.82, 2.24) is 10.2 Å². The first kappa shape index (κ1) is 17.3. The molecule has 0 unspecified atom stereocenters. The van der Waals surface area contributed by atoms with Gasteiger partial charge in [-0.05, 0) is 33.6 Å². The number of hydrogen-bond donors (Lipinski definition) is 2. The maximum atomic E-state index is 12.0. The second-order valence-corrected chi connectivity index (χ2v) is 5.86. The van der Waals surface area contributed by atoms with Gasteiger partial charge in [0.2, 0.25) is 0 Å². The predicted molar refractivity (Wildman–Crippen MR) is 75.7 cm³/mol. The Bertz CT molecular complexity index is 400. The topological polar surface area (TPSA) is 95.9 Å². The average molecular weight is 300 g/mol. The molecule has 2 N–H and O–H groups in total. The Morgan fingerprint density at radius 2 is 1.86 bits per heavy atom. The molecule has 0 aromatic carbocycles. The van der Waals surface area contributed by atoms with Crippen molar-refractivity contribution in [3.8, 4) is 0 Å². The van der Waals surface area contributed by atoms with Crippen LogP contribution in [0.4, 0.5) is 4.79 Å². The van der Waals surface area contributed by atoms with Crippen molar-refractivity contribution in [2.24, 2.45) is 11.3 Å². The summed E-state index contributed by atoms with van der Waals surface area (Å²) in [6, 6.07) is -0.286. The SMILES string of the molecule is CCOC(=O)C1CCN(C(=O)NCC(C)(C)C(=O)O)CC1. The largest absolute Gasteiger partial charge is 0.481 e. The molecular formula is C14H24N2O5. The second-order valence-electron chi connectivity index (χ2n) is 5.86. The number of likely N-dealkylation sites (tertiary alicyclic amines) is 1. The fourth-order valence-electron chi connectivity index (χ4n) is 2.06. The number of nitrogens with zero attached hydrogens (tertiary/aromatic N) is 1. The minimum absolute atomic E-state index is 0.0684. The maximum Gasteiger partial charge on any atom is 0.317 e. The number of ether oxygens (including phenoxy) is 1. The zero-order valence-corrected chi connectivity index (χ0v) is 12.8. The number of urea groups is 1. The number of hydrogen-bond acceptors (Lipinski definition) is 4. The van der Waals surface area contributed by atoms with Crippen molar-refractivity contribution in [2.75, 3.05) is 26.2 Å². The number of esters is 1. The Balaban J connectivity index is 2.39. The lowest BCUT2D eigenvalue weighted by molar-refractivity contribution is -0.149. The Labute approximate surface area is 124 Å². The highest BCUT2D eigenvalue weighted by Gasteiger charge is 2.31. The van der Waals surface area contributed by atoms with Crippen molar-refractivity contribution >= 4 is 18.0 Å². The number of carboxylic acid groups (broad SMARTS) is 1. The lowest BCUT2D eigenvalue weighted by atomic mass is 9.94. The van der Waals surface area contributed by atoms with Crippen LogP contribution in [0, 0.1) is 11.3 Å². The molecule has 1 aliphatic heterocycles. The van der Waals surface area contributed by atoms with Crippen molar-refractivity contribution in [3.05, 3.63) is 0 Å². The van der Waals surface area contributed by atoms with Crippen LogP contribution < -0.4 is 5.32 Å². The van der Waals surface area contributed by atoms with Gasteiger partial charge in [-0.1, -0.05) is 0 Å². The first-order valence-corrected chi connectivity index (χ1v) is 7.20. The fraction of sp³-hybridized carbons (Fsp3) is 0.786. The molecule has 1 heterocycles. The minimum atomic E-state index is -1.00. The van der Waals surface area contributed by atoms with Gasteiger partial charge < -0.3 is 20.1 Å². The zero-order valence-electron chi connectivity index (χ0n) is 12.8. The van der Waals surface area contributed by atoms with E-state index >= 15 is 0 Å². The third-order valence-electron chi connectivity index (χ3n) is 3.66. The van der Waals surface area contributed by atoms with E-state index in [9.17, 15) is 14.4 Å². The van der Waals surface area contributed by atoms with Gasteiger partial charge in [0.1, 0.15) is 0 Å². The van der Waals surface area contributed by atoms with Crippen LogP contribution in [0.2, 0.25) is 0 Å². The molecule has 0 aliphatic carbocycles. The highest BCUT2D eigenvalue weighted by Crippen LogP contribution is 2.19. The summed E-state index contributed by atoms with van der Waals surface area (Å²) in [5.74, 6) is -1.31. The van der Waals surface area contributed by atoms with Gasteiger partial charge in [-0.2, -0.15) is 0 Å². The van der Waals surface area contributed by atoms with Crippen LogP contribution in [0.1, 0.15) is 33.6 Å². The molecule has 21 heavy (non-hydrogen) atoms. The summed E-state index contributed by atoms with van der Waals surface area (Å²) in [5.41, 5.74) is -1.00. The van der Waals surface area contributed by atoms with E-state index < -0.39 is 11.4 Å². The number of carbonyl (C=O) groups excluding carboxylic acids is 2. The molecule has 7 nitrogen and oxygen atoms in total. The number of carbonyl (C=O) groups is 3. The molecule has 7 heteroatoms. The normalized spacial score (nSPS) is 16.4. The summed E-state index contributed by atoms with van der Waals surface area (Å²) < 4.78 is 4.97. The van der Waals surface area contributed by atoms with Gasteiger partial charge in [0.05, 0.1) is 17.9 Å². The summed E-state index contributed by atoms with van der Waals surface area (Å²) in [5, 5.41) is 11.6. The maximum absolute atomic E-state index is 12.0. The molecule has 0 radical (unpaired) electrons. The number of rotatable bonds is 5. The third-order valence-corrected chi connectivity index (χ3v) is 3.66. The molecule has 0 aromatic heterocycles. The standard InChI is InChI=1S/C14H24N2O5/c1-4-21-11(17)10-5-7-16(8-6-10)13(20)15-9-14(2,3)12(18)19/h10H,4-9H2,1-3H3,(H,15,20)(H,18,19). The summed E-state index contributed by atoms with van der Waals surface area (Å²) in [7, 11) is 0. The summed E-state index contributed by atoms with van der Waals surface area (Å²) in [6.07, 6.45) is 1.16. The smallest absolute Gasteiger partial charge is 0.317 e. The number of piperidine rings is 1. The zero-order chi connectivity index (χ0) is 16.0. The molecule has 120 valence electrons. The Morgan fingerprint density at radius 3 is 2.33 bits per heavy atom. The van der Waals surface area contributed by atoms with Gasteiger partial charge in [-0.15, -0.1) is 0 Å². The number of aliphatic carboxylic acids is 1. The molecule has 0 spiro atoms. The molecule has 0 atom stereocenters. The van der Waals surface area contributed by atoms with Crippen LogP contribution in [-0.2, 0) is 14.3 Å². The van der Waals surface area contributed by atoms with E-state index in [2.05, 4.69) is 5.32 Å². The van der Waals surface area contributed by atoms with E-state index in [0.717, 1.165) is 0 Å². The molecule has 0 saturated carbocycles. The van der Waals surface area contributed by atoms with E-state index in [1.54, 1.807) is 25.7 Å². The summed E-state index contributed by atoms with van der Waals surface area (Å²) in [6.45, 7) is 6.27. The molecule has 0 bridgehead atoms. The Kier molecular flexibility index (Phi) is 5.99. The molecule has 0 aromatic rings. The minimum Gasteiger partial charge on any atom is -0.481 e. The van der Waals surface area contributed by atoms with Gasteiger partial charge in [0.25, 0.3) is 0 Å². The predicted octanol–water partition coefficient (Wildman–Crippen LogP) is 1.08. The van der Waals surface area contributed by atoms with Crippen molar-refractivity contribution in [1.29, 1.82) is 0 Å². The third kappa shape index (κ3) is 4.91. The monoisotopic (exact) mass is 300 g/mol. The van der Waals surface area contributed by atoms with Crippen molar-refractivity contribution in [3.63, 3.8) is 0 Å². The van der Waals surface area contributed by atoms with Crippen LogP contribution in [-0.4, -0.2) is 54.2 Å². The van der Waals surface area contributed by atoms with Gasteiger partial charge >= 0.3 is 18.0 Å². The lowest BCUT2D eigenvalue weighted by Gasteiger charge is -2.31. The van der Waals surface area contributed by atoms with E-state index in [1.165, 1.54) is 0 Å². The molecule has 2 amide bonds. The molecule has 1 saturated heterocycles. The van der Waals surface area contributed by atoms with Crippen molar-refractivity contribution in [2.45, 2.75) is 33.6 Å². The van der Waals surface area contributed by atoms with E-state index in [4.69, 9.17) is 9.84 Å². The Morgan fingerprint density at radius 1 is 1.29 bits per heavy atom. The fourth-order valence-corrected chi connectivity index (χ4v) is 2.06. The molecule has 1 fully saturated rings. The van der Waals surface area contributed by atoms with Gasteiger partial charge in [-0.3, -0.25) is 9.59 Å². The quantitative estimate of drug-likeness (QED) is 0.741. The number of amides is 2. The second kappa shape index (κ2) is 7.28. The lowest BCUT2D eigenvalue weighted by Crippen LogP contribution is -2.48. The van der Waals surface area contributed by atoms with Crippen LogP contribution in [0.15, 0.2) is 0 Å². The van der Waals surface area contributed by atoms with E-state index in [-0.39, 0.29) is 24.5 Å². The van der Waals surface area contributed by atoms with Gasteiger partial charge in [0.15, 0.2) is 0 Å². The highest BCUT2D eigenvalue weighted by molar-refractivity contribution is 5.78. The summed E-state index contributed by atoms with van der Waals surface area (Å²) >= 11 is 0. The first-order valence-electron chi connectivity index (χ1n) is 7.20. The number of nitrogens with one attached hydrogen (secondary N) is 1. The van der Waals surface area contributed by atoms with E-state index in [1.807, 2.05) is 0 Å². The average Bonchev–Trinajstić information content (AvgIpc) is 2.45. The highest BCUT2D eigenvalue weighted by atomic mass is 16.5. The molecule has 1 aliphatic rings. The van der Waals surface area contributed by atoms with Crippen LogP contribution >= 0.6 is 0 Å². The first-order chi connectivity index (χ1) is 9.77. The van der Waals surface area contributed by atoms with Gasteiger partial charge in [-0.25, -0.2) is 4.79 Å². The van der Waals surface area contributed by atoms with Crippen LogP contribution in [0.3, 0.4) is 0 Å².